The predicted octanol–water partition coefficient (Wildman–Crippen LogP) is 2.73. The third kappa shape index (κ3) is 5.52. The molecule has 2 amide bonds. The zero-order chi connectivity index (χ0) is 19.3. The third-order valence-electron chi connectivity index (χ3n) is 3.87. The van der Waals surface area contributed by atoms with Crippen molar-refractivity contribution < 1.29 is 14.0 Å². The van der Waals surface area contributed by atoms with Crippen LogP contribution in [0.3, 0.4) is 0 Å². The van der Waals surface area contributed by atoms with Crippen molar-refractivity contribution in [1.82, 2.24) is 14.9 Å². The number of likely N-dealkylation sites (N-methyl/N-ethyl adjacent to an activating group) is 1. The molecule has 2 aromatic rings. The minimum absolute atomic E-state index is 0.0937. The number of halogens is 1. The maximum Gasteiger partial charge on any atom is 0.243 e. The van der Waals surface area contributed by atoms with E-state index in [0.29, 0.717) is 10.8 Å². The first kappa shape index (κ1) is 19.8. The van der Waals surface area contributed by atoms with Gasteiger partial charge in [0.2, 0.25) is 11.8 Å². The lowest BCUT2D eigenvalue weighted by Gasteiger charge is -2.16. The largest absolute Gasteiger partial charge is 0.336 e. The van der Waals surface area contributed by atoms with Gasteiger partial charge in [0.05, 0.1) is 12.3 Å². The van der Waals surface area contributed by atoms with Crippen LogP contribution in [0.2, 0.25) is 0 Å². The van der Waals surface area contributed by atoms with E-state index in [-0.39, 0.29) is 29.9 Å². The van der Waals surface area contributed by atoms with Gasteiger partial charge in [-0.15, -0.1) is 0 Å². The second kappa shape index (κ2) is 8.75. The summed E-state index contributed by atoms with van der Waals surface area (Å²) in [5.41, 5.74) is 3.29. The monoisotopic (exact) mass is 376 g/mol. The van der Waals surface area contributed by atoms with E-state index in [1.165, 1.54) is 40.9 Å². The lowest BCUT2D eigenvalue weighted by Crippen LogP contribution is -2.36. The summed E-state index contributed by atoms with van der Waals surface area (Å²) in [5.74, 6) is -0.794. The van der Waals surface area contributed by atoms with Gasteiger partial charge in [0.25, 0.3) is 0 Å². The molecule has 0 aliphatic rings. The van der Waals surface area contributed by atoms with E-state index in [4.69, 9.17) is 0 Å². The van der Waals surface area contributed by atoms with Gasteiger partial charge in [-0.3, -0.25) is 9.59 Å². The highest BCUT2D eigenvalue weighted by Gasteiger charge is 2.15. The van der Waals surface area contributed by atoms with Gasteiger partial charge < -0.3 is 10.2 Å². The molecule has 8 heteroatoms. The Hall–Kier alpha value is -2.48. The van der Waals surface area contributed by atoms with E-state index in [0.717, 1.165) is 17.0 Å². The van der Waals surface area contributed by atoms with Gasteiger partial charge in [0, 0.05) is 24.1 Å². The summed E-state index contributed by atoms with van der Waals surface area (Å²) in [6.07, 6.45) is 0. The smallest absolute Gasteiger partial charge is 0.243 e. The van der Waals surface area contributed by atoms with Gasteiger partial charge in [-0.1, -0.05) is 11.8 Å². The number of aromatic nitrogens is 2. The van der Waals surface area contributed by atoms with Crippen LogP contribution in [0.15, 0.2) is 29.4 Å². The summed E-state index contributed by atoms with van der Waals surface area (Å²) in [4.78, 5) is 34.2. The van der Waals surface area contributed by atoms with E-state index in [2.05, 4.69) is 15.3 Å². The number of nitrogens with one attached hydrogen (secondary N) is 1. The first-order chi connectivity index (χ1) is 12.3. The van der Waals surface area contributed by atoms with Crippen LogP contribution in [-0.2, 0) is 9.59 Å². The molecule has 0 radical (unpaired) electrons. The highest BCUT2D eigenvalue weighted by atomic mass is 32.2. The number of amides is 2. The Bertz CT molecular complexity index is 788. The predicted molar refractivity (Wildman–Crippen MR) is 99.6 cm³/mol. The number of aryl methyl sites for hydroxylation is 2. The highest BCUT2D eigenvalue weighted by Crippen LogP contribution is 2.17. The van der Waals surface area contributed by atoms with Crippen LogP contribution >= 0.6 is 11.8 Å². The quantitative estimate of drug-likeness (QED) is 0.620. The Morgan fingerprint density at radius 3 is 2.27 bits per heavy atom. The summed E-state index contributed by atoms with van der Waals surface area (Å²) < 4.78 is 12.9. The average molecular weight is 376 g/mol. The molecular weight excluding hydrogens is 355 g/mol. The number of hydrogen-bond donors (Lipinski definition) is 1. The van der Waals surface area contributed by atoms with E-state index in [1.807, 2.05) is 20.8 Å². The van der Waals surface area contributed by atoms with Gasteiger partial charge in [0.1, 0.15) is 5.82 Å². The summed E-state index contributed by atoms with van der Waals surface area (Å²) >= 11 is 1.24. The fourth-order valence-electron chi connectivity index (χ4n) is 2.08. The molecule has 0 aliphatic heterocycles. The topological polar surface area (TPSA) is 75.2 Å². The van der Waals surface area contributed by atoms with Crippen molar-refractivity contribution in [2.24, 2.45) is 0 Å². The fraction of sp³-hybridized carbons (Fsp3) is 0.333. The first-order valence-corrected chi connectivity index (χ1v) is 8.99. The summed E-state index contributed by atoms with van der Waals surface area (Å²) in [6, 6.07) is 5.44. The lowest BCUT2D eigenvalue weighted by molar-refractivity contribution is -0.131. The molecule has 0 bridgehead atoms. The first-order valence-electron chi connectivity index (χ1n) is 8.00. The zero-order valence-corrected chi connectivity index (χ0v) is 16.0. The average Bonchev–Trinajstić information content (AvgIpc) is 2.59. The van der Waals surface area contributed by atoms with Gasteiger partial charge in [-0.2, -0.15) is 0 Å². The number of carbonyl (C=O) groups is 2. The zero-order valence-electron chi connectivity index (χ0n) is 15.2. The van der Waals surface area contributed by atoms with E-state index >= 15 is 0 Å². The van der Waals surface area contributed by atoms with Crippen molar-refractivity contribution in [2.45, 2.75) is 25.9 Å². The molecule has 1 N–H and O–H groups in total. The highest BCUT2D eigenvalue weighted by molar-refractivity contribution is 7.99. The molecule has 0 aliphatic carbocycles. The van der Waals surface area contributed by atoms with Crippen LogP contribution in [0, 0.1) is 26.6 Å². The molecule has 0 spiro atoms. The summed E-state index contributed by atoms with van der Waals surface area (Å²) in [5, 5.41) is 3.16. The third-order valence-corrected chi connectivity index (χ3v) is 4.70. The Morgan fingerprint density at radius 1 is 1.12 bits per heavy atom. The van der Waals surface area contributed by atoms with Crippen molar-refractivity contribution in [1.29, 1.82) is 0 Å². The minimum Gasteiger partial charge on any atom is -0.336 e. The van der Waals surface area contributed by atoms with Crippen molar-refractivity contribution in [3.8, 4) is 0 Å². The van der Waals surface area contributed by atoms with Gasteiger partial charge in [-0.05, 0) is 50.6 Å². The minimum atomic E-state index is -0.379. The number of benzene rings is 1. The SMILES string of the molecule is Cc1nc(SCC(=O)N(C)CC(=O)Nc2ccc(F)cc2)nc(C)c1C. The summed E-state index contributed by atoms with van der Waals surface area (Å²) in [7, 11) is 1.56. The van der Waals surface area contributed by atoms with E-state index in [9.17, 15) is 14.0 Å². The van der Waals surface area contributed by atoms with Crippen LogP contribution < -0.4 is 5.32 Å². The number of carbonyl (C=O) groups excluding carboxylic acids is 2. The van der Waals surface area contributed by atoms with Crippen molar-refractivity contribution in [3.63, 3.8) is 0 Å². The van der Waals surface area contributed by atoms with Crippen LogP contribution in [0.1, 0.15) is 17.0 Å². The molecule has 0 atom stereocenters. The second-order valence-electron chi connectivity index (χ2n) is 5.90. The Morgan fingerprint density at radius 2 is 1.69 bits per heavy atom. The van der Waals surface area contributed by atoms with Gasteiger partial charge >= 0.3 is 0 Å². The summed E-state index contributed by atoms with van der Waals surface area (Å²) in [6.45, 7) is 5.67. The van der Waals surface area contributed by atoms with Gasteiger partial charge in [-0.25, -0.2) is 14.4 Å². The van der Waals surface area contributed by atoms with Crippen LogP contribution in [0.4, 0.5) is 10.1 Å². The number of rotatable bonds is 6. The Balaban J connectivity index is 1.85. The fourth-order valence-corrected chi connectivity index (χ4v) is 2.96. The Labute approximate surface area is 156 Å². The number of nitrogens with zero attached hydrogens (tertiary/aromatic N) is 3. The second-order valence-corrected chi connectivity index (χ2v) is 6.84. The molecular formula is C18H21FN4O2S. The van der Waals surface area contributed by atoms with Crippen LogP contribution in [0.25, 0.3) is 0 Å². The molecule has 2 rings (SSSR count). The molecule has 138 valence electrons. The van der Waals surface area contributed by atoms with Crippen LogP contribution in [-0.4, -0.2) is 46.0 Å². The molecule has 0 fully saturated rings. The normalized spacial score (nSPS) is 10.5. The Kier molecular flexibility index (Phi) is 6.68. The van der Waals surface area contributed by atoms with Crippen molar-refractivity contribution in [2.75, 3.05) is 24.7 Å². The van der Waals surface area contributed by atoms with Gasteiger partial charge in [0.15, 0.2) is 5.16 Å². The number of thioether (sulfide) groups is 1. The standard InChI is InChI=1S/C18H21FN4O2S/c1-11-12(2)20-18(21-13(11)3)26-10-17(25)23(4)9-16(24)22-15-7-5-14(19)6-8-15/h5-8H,9-10H2,1-4H3,(H,22,24). The molecule has 0 unspecified atom stereocenters. The van der Waals surface area contributed by atoms with E-state index < -0.39 is 0 Å². The van der Waals surface area contributed by atoms with Crippen molar-refractivity contribution >= 4 is 29.3 Å². The number of hydrogen-bond acceptors (Lipinski definition) is 5. The molecule has 6 nitrogen and oxygen atoms in total. The number of anilines is 1. The molecule has 0 saturated heterocycles. The molecule has 0 saturated carbocycles. The maximum atomic E-state index is 12.9. The maximum absolute atomic E-state index is 12.9. The molecule has 26 heavy (non-hydrogen) atoms. The molecule has 1 aromatic heterocycles. The molecule has 1 heterocycles. The lowest BCUT2D eigenvalue weighted by atomic mass is 10.2. The van der Waals surface area contributed by atoms with Crippen LogP contribution in [0.5, 0.6) is 0 Å². The molecule has 1 aromatic carbocycles. The van der Waals surface area contributed by atoms with Crippen molar-refractivity contribution in [3.05, 3.63) is 47.0 Å². The van der Waals surface area contributed by atoms with E-state index in [1.54, 1.807) is 7.05 Å².